The van der Waals surface area contributed by atoms with E-state index in [4.69, 9.17) is 9.72 Å². The minimum Gasteiger partial charge on any atom is -0.453 e. The molecule has 1 aliphatic rings. The molecule has 3 aromatic heterocycles. The molecule has 4 nitrogen and oxygen atoms in total. The van der Waals surface area contributed by atoms with Crippen molar-refractivity contribution in [3.63, 3.8) is 0 Å². The second kappa shape index (κ2) is 13.5. The van der Waals surface area contributed by atoms with Gasteiger partial charge in [-0.3, -0.25) is 4.40 Å². The lowest BCUT2D eigenvalue weighted by molar-refractivity contribution is 0.478. The van der Waals surface area contributed by atoms with Gasteiger partial charge >= 0.3 is 0 Å². The summed E-state index contributed by atoms with van der Waals surface area (Å²) in [4.78, 5) is 7.46. The number of hydrogen-bond acceptors (Lipinski definition) is 4. The monoisotopic (exact) mass is 857 g/mol. The number of hydrogen-bond donors (Lipinski definition) is 0. The van der Waals surface area contributed by atoms with Gasteiger partial charge in [-0.05, 0) is 139 Å². The number of ether oxygens (including phenoxy) is 1. The van der Waals surface area contributed by atoms with Gasteiger partial charge in [0.25, 0.3) is 0 Å². The lowest BCUT2D eigenvalue weighted by atomic mass is 9.90. The van der Waals surface area contributed by atoms with Crippen LogP contribution in [-0.4, -0.2) is 9.38 Å². The van der Waals surface area contributed by atoms with E-state index in [1.165, 1.54) is 74.6 Å². The summed E-state index contributed by atoms with van der Waals surface area (Å²) in [6.07, 6.45) is 0. The first-order chi connectivity index (χ1) is 32.7. The zero-order valence-electron chi connectivity index (χ0n) is 35.4. The first kappa shape index (κ1) is 35.9. The largest absolute Gasteiger partial charge is 0.453 e. The number of pyridine rings is 1. The number of imidazole rings is 1. The number of para-hydroxylation sites is 3. The topological polar surface area (TPSA) is 29.8 Å². The van der Waals surface area contributed by atoms with Crippen LogP contribution in [0.1, 0.15) is 0 Å². The van der Waals surface area contributed by atoms with Crippen LogP contribution in [0, 0.1) is 0 Å². The second-order valence-electron chi connectivity index (χ2n) is 17.5. The van der Waals surface area contributed by atoms with E-state index in [0.29, 0.717) is 0 Å². The molecule has 0 saturated heterocycles. The molecule has 0 N–H and O–H groups in total. The Morgan fingerprint density at radius 2 is 0.909 bits per heavy atom. The number of fused-ring (bicyclic) bond motifs is 19. The van der Waals surface area contributed by atoms with Crippen LogP contribution in [0.4, 0.5) is 17.1 Å². The van der Waals surface area contributed by atoms with Crippen molar-refractivity contribution in [1.29, 1.82) is 0 Å². The second-order valence-corrected chi connectivity index (χ2v) is 18.6. The van der Waals surface area contributed by atoms with E-state index in [1.54, 1.807) is 0 Å². The average Bonchev–Trinajstić information content (AvgIpc) is 3.96. The molecule has 0 aliphatic carbocycles. The van der Waals surface area contributed by atoms with Crippen LogP contribution < -0.4 is 9.64 Å². The number of nitrogens with zero attached hydrogens (tertiary/aromatic N) is 3. The van der Waals surface area contributed by atoms with E-state index in [2.05, 4.69) is 222 Å². The Bertz CT molecular complexity index is 4390. The fraction of sp³-hybridized carbons (Fsp3) is 0. The summed E-state index contributed by atoms with van der Waals surface area (Å²) < 4.78 is 12.0. The summed E-state index contributed by atoms with van der Waals surface area (Å²) >= 11 is 1.85. The summed E-state index contributed by atoms with van der Waals surface area (Å²) in [6, 6.07) is 77.3. The Hall–Kier alpha value is -8.51. The third-order valence-corrected chi connectivity index (χ3v) is 15.0. The van der Waals surface area contributed by atoms with Gasteiger partial charge in [0.15, 0.2) is 11.5 Å². The van der Waals surface area contributed by atoms with Crippen molar-refractivity contribution in [2.24, 2.45) is 0 Å². The molecule has 0 atom stereocenters. The van der Waals surface area contributed by atoms with Crippen LogP contribution in [0.15, 0.2) is 212 Å². The predicted octanol–water partition coefficient (Wildman–Crippen LogP) is 17.5. The molecule has 0 radical (unpaired) electrons. The summed E-state index contributed by atoms with van der Waals surface area (Å²) in [7, 11) is 0. The van der Waals surface area contributed by atoms with Gasteiger partial charge in [-0.1, -0.05) is 133 Å². The molecule has 11 aromatic carbocycles. The molecule has 15 rings (SSSR count). The zero-order chi connectivity index (χ0) is 43.0. The van der Waals surface area contributed by atoms with Crippen LogP contribution in [0.3, 0.4) is 0 Å². The average molecular weight is 858 g/mol. The molecule has 4 heterocycles. The van der Waals surface area contributed by atoms with Gasteiger partial charge in [0.05, 0.1) is 27.9 Å². The van der Waals surface area contributed by atoms with Gasteiger partial charge < -0.3 is 9.64 Å². The van der Waals surface area contributed by atoms with Gasteiger partial charge in [-0.15, -0.1) is 11.3 Å². The van der Waals surface area contributed by atoms with E-state index in [0.717, 1.165) is 67.1 Å². The zero-order valence-corrected chi connectivity index (χ0v) is 36.2. The highest BCUT2D eigenvalue weighted by atomic mass is 32.1. The molecule has 306 valence electrons. The van der Waals surface area contributed by atoms with Crippen molar-refractivity contribution in [1.82, 2.24) is 9.38 Å². The van der Waals surface area contributed by atoms with Gasteiger partial charge in [-0.25, -0.2) is 4.98 Å². The summed E-state index contributed by atoms with van der Waals surface area (Å²) in [5.74, 6) is 1.66. The molecular formula is C61H35N3OS. The molecule has 1 aliphatic heterocycles. The van der Waals surface area contributed by atoms with Crippen LogP contribution in [-0.2, 0) is 0 Å². The van der Waals surface area contributed by atoms with Gasteiger partial charge in [-0.2, -0.15) is 0 Å². The lowest BCUT2D eigenvalue weighted by Gasteiger charge is -2.33. The predicted molar refractivity (Wildman–Crippen MR) is 279 cm³/mol. The Balaban J connectivity index is 0.908. The maximum Gasteiger partial charge on any atom is 0.152 e. The minimum atomic E-state index is 0.830. The smallest absolute Gasteiger partial charge is 0.152 e. The summed E-state index contributed by atoms with van der Waals surface area (Å²) in [5.41, 5.74) is 12.0. The third-order valence-electron chi connectivity index (χ3n) is 13.9. The van der Waals surface area contributed by atoms with Crippen molar-refractivity contribution in [2.75, 3.05) is 4.90 Å². The van der Waals surface area contributed by atoms with Gasteiger partial charge in [0.2, 0.25) is 0 Å². The van der Waals surface area contributed by atoms with Crippen LogP contribution in [0.25, 0.3) is 113 Å². The summed E-state index contributed by atoms with van der Waals surface area (Å²) in [6.45, 7) is 0. The Morgan fingerprint density at radius 1 is 0.348 bits per heavy atom. The quantitative estimate of drug-likeness (QED) is 0.166. The molecule has 0 spiro atoms. The maximum atomic E-state index is 7.07. The highest BCUT2D eigenvalue weighted by molar-refractivity contribution is 7.25. The normalized spacial score (nSPS) is 12.6. The van der Waals surface area contributed by atoms with Crippen LogP contribution in [0.5, 0.6) is 11.5 Å². The SMILES string of the molecule is c1ccc(N2c3ccc(-c4ccc5c(c4)sc4ccccc45)cc3Oc3cc4c5ccc(-c6ccc7c(c6)c6ccccc6c6nc8ccccc8n76)cc5c5ccccc5c4cc32)cc1. The number of benzene rings is 11. The number of aromatic nitrogens is 2. The van der Waals surface area contributed by atoms with E-state index in [-0.39, 0.29) is 0 Å². The molecule has 0 fully saturated rings. The number of anilines is 3. The Kier molecular flexibility index (Phi) is 7.34. The van der Waals surface area contributed by atoms with E-state index in [1.807, 2.05) is 11.3 Å². The lowest BCUT2D eigenvalue weighted by Crippen LogP contribution is -2.16. The fourth-order valence-corrected chi connectivity index (χ4v) is 12.0. The van der Waals surface area contributed by atoms with Crippen molar-refractivity contribution < 1.29 is 4.74 Å². The fourth-order valence-electron chi connectivity index (χ4n) is 10.9. The van der Waals surface area contributed by atoms with Crippen LogP contribution >= 0.6 is 11.3 Å². The molecule has 5 heteroatoms. The maximum absolute atomic E-state index is 7.07. The minimum absolute atomic E-state index is 0.830. The van der Waals surface area contributed by atoms with Gasteiger partial charge in [0, 0.05) is 36.6 Å². The standard InChI is InChI=1S/C61H35N3OS/c1-2-12-40(13-3-1)63-55-29-25-38(39-23-27-46-45-17-8-11-21-59(45)66-60(46)33-39)32-57(55)65-58-35-50-44-26-22-36(30-48(44)41-14-4-5-15-42(41)49(50)34-56(58)63)37-24-28-53-51(31-37)43-16-6-7-18-47(43)61-62-52-19-9-10-20-54(52)64(53)61/h1-35H. The first-order valence-electron chi connectivity index (χ1n) is 22.4. The molecule has 14 aromatic rings. The molecule has 0 bridgehead atoms. The summed E-state index contributed by atoms with van der Waals surface area (Å²) in [5, 5.41) is 13.4. The van der Waals surface area contributed by atoms with Gasteiger partial charge in [0.1, 0.15) is 5.65 Å². The number of rotatable bonds is 3. The van der Waals surface area contributed by atoms with E-state index >= 15 is 0 Å². The Labute approximate surface area is 382 Å². The van der Waals surface area contributed by atoms with Crippen molar-refractivity contribution in [2.45, 2.75) is 0 Å². The third kappa shape index (κ3) is 5.11. The van der Waals surface area contributed by atoms with E-state index < -0.39 is 0 Å². The molecule has 66 heavy (non-hydrogen) atoms. The molecule has 0 unspecified atom stereocenters. The van der Waals surface area contributed by atoms with Crippen molar-refractivity contribution in [3.8, 4) is 33.8 Å². The molecule has 0 saturated carbocycles. The van der Waals surface area contributed by atoms with E-state index in [9.17, 15) is 0 Å². The Morgan fingerprint density at radius 3 is 1.74 bits per heavy atom. The highest BCUT2D eigenvalue weighted by Gasteiger charge is 2.28. The molecular weight excluding hydrogens is 823 g/mol. The molecule has 0 amide bonds. The highest BCUT2D eigenvalue weighted by Crippen LogP contribution is 2.54. The van der Waals surface area contributed by atoms with Crippen LogP contribution in [0.2, 0.25) is 0 Å². The number of thiophene rings is 1. The van der Waals surface area contributed by atoms with Crippen molar-refractivity contribution >= 4 is 119 Å². The van der Waals surface area contributed by atoms with Crippen molar-refractivity contribution in [3.05, 3.63) is 212 Å². The first-order valence-corrected chi connectivity index (χ1v) is 23.2.